The number of rotatable bonds is 1. The monoisotopic (exact) mass is 238 g/mol. The van der Waals surface area contributed by atoms with Crippen LogP contribution in [0.25, 0.3) is 11.6 Å². The fraction of sp³-hybridized carbons (Fsp3) is 0.133. The lowest BCUT2D eigenvalue weighted by Crippen LogP contribution is -2.03. The van der Waals surface area contributed by atoms with E-state index < -0.39 is 0 Å². The minimum atomic E-state index is -0.0390. The molecule has 0 saturated carbocycles. The van der Waals surface area contributed by atoms with Crippen molar-refractivity contribution in [3.63, 3.8) is 0 Å². The van der Waals surface area contributed by atoms with Crippen molar-refractivity contribution in [1.29, 1.82) is 0 Å². The van der Waals surface area contributed by atoms with Crippen LogP contribution in [0.3, 0.4) is 0 Å². The first-order chi connectivity index (χ1) is 8.66. The maximum absolute atomic E-state index is 12.0. The molecule has 3 heteroatoms. The third-order valence-corrected chi connectivity index (χ3v) is 3.44. The molecule has 0 unspecified atom stereocenters. The van der Waals surface area contributed by atoms with Crippen molar-refractivity contribution < 1.29 is 4.79 Å². The molecule has 0 aliphatic carbocycles. The second-order valence-electron chi connectivity index (χ2n) is 4.57. The predicted molar refractivity (Wildman–Crippen MR) is 73.2 cm³/mol. The fourth-order valence-corrected chi connectivity index (χ4v) is 2.19. The summed E-state index contributed by atoms with van der Waals surface area (Å²) < 4.78 is 0. The number of hydrogen-bond donors (Lipinski definition) is 2. The van der Waals surface area contributed by atoms with E-state index in [4.69, 9.17) is 0 Å². The molecule has 0 atom stereocenters. The highest BCUT2D eigenvalue weighted by Gasteiger charge is 2.23. The van der Waals surface area contributed by atoms with Gasteiger partial charge in [0.05, 0.1) is 5.57 Å². The second kappa shape index (κ2) is 3.88. The van der Waals surface area contributed by atoms with E-state index in [1.807, 2.05) is 36.5 Å². The lowest BCUT2D eigenvalue weighted by Gasteiger charge is -1.98. The Balaban J connectivity index is 2.12. The average molecular weight is 238 g/mol. The standard InChI is InChI=1S/C15H14N2O/c1-9-8-16-14(10(9)2)7-12-11-5-3-4-6-13(11)17-15(12)18/h3-8,16H,1-2H3,(H,17,18)/b12-7-. The van der Waals surface area contributed by atoms with E-state index in [9.17, 15) is 4.79 Å². The Morgan fingerprint density at radius 3 is 2.67 bits per heavy atom. The predicted octanol–water partition coefficient (Wildman–Crippen LogP) is 3.12. The van der Waals surface area contributed by atoms with Gasteiger partial charge in [0.25, 0.3) is 5.91 Å². The number of carbonyl (C=O) groups is 1. The van der Waals surface area contributed by atoms with Crippen molar-refractivity contribution >= 4 is 23.2 Å². The smallest absolute Gasteiger partial charge is 0.256 e. The molecule has 1 amide bonds. The zero-order valence-electron chi connectivity index (χ0n) is 10.4. The number of aromatic nitrogens is 1. The van der Waals surface area contributed by atoms with Crippen LogP contribution >= 0.6 is 0 Å². The SMILES string of the molecule is Cc1c[nH]c(/C=C2\C(=O)Nc3ccccc32)c1C. The molecule has 0 fully saturated rings. The molecular weight excluding hydrogens is 224 g/mol. The molecule has 0 saturated heterocycles. The number of benzene rings is 1. The van der Waals surface area contributed by atoms with E-state index in [0.717, 1.165) is 22.5 Å². The van der Waals surface area contributed by atoms with Gasteiger partial charge in [-0.3, -0.25) is 4.79 Å². The lowest BCUT2D eigenvalue weighted by atomic mass is 10.0. The average Bonchev–Trinajstić information content (AvgIpc) is 2.85. The lowest BCUT2D eigenvalue weighted by molar-refractivity contribution is -0.110. The second-order valence-corrected chi connectivity index (χ2v) is 4.57. The highest BCUT2D eigenvalue weighted by atomic mass is 16.2. The summed E-state index contributed by atoms with van der Waals surface area (Å²) in [5.41, 5.74) is 5.95. The molecule has 2 N–H and O–H groups in total. The topological polar surface area (TPSA) is 44.9 Å². The van der Waals surface area contributed by atoms with Gasteiger partial charge in [-0.05, 0) is 37.1 Å². The number of aromatic amines is 1. The van der Waals surface area contributed by atoms with E-state index in [1.165, 1.54) is 11.1 Å². The Labute approximate surface area is 106 Å². The summed E-state index contributed by atoms with van der Waals surface area (Å²) in [6, 6.07) is 7.75. The first-order valence-corrected chi connectivity index (χ1v) is 5.94. The van der Waals surface area contributed by atoms with Crippen LogP contribution in [0.5, 0.6) is 0 Å². The number of amides is 1. The largest absolute Gasteiger partial charge is 0.361 e. The van der Waals surface area contributed by atoms with E-state index in [1.54, 1.807) is 0 Å². The number of H-pyrrole nitrogens is 1. The normalized spacial score (nSPS) is 15.9. The van der Waals surface area contributed by atoms with Gasteiger partial charge >= 0.3 is 0 Å². The summed E-state index contributed by atoms with van der Waals surface area (Å²) >= 11 is 0. The van der Waals surface area contributed by atoms with E-state index >= 15 is 0 Å². The van der Waals surface area contributed by atoms with E-state index in [0.29, 0.717) is 0 Å². The summed E-state index contributed by atoms with van der Waals surface area (Å²) in [5, 5.41) is 2.87. The summed E-state index contributed by atoms with van der Waals surface area (Å²) in [6.45, 7) is 4.10. The molecule has 3 rings (SSSR count). The molecule has 18 heavy (non-hydrogen) atoms. The van der Waals surface area contributed by atoms with Crippen LogP contribution in [0.1, 0.15) is 22.4 Å². The van der Waals surface area contributed by atoms with Gasteiger partial charge in [0.2, 0.25) is 0 Å². The molecule has 1 aliphatic heterocycles. The van der Waals surface area contributed by atoms with Crippen LogP contribution in [-0.4, -0.2) is 10.9 Å². The molecule has 2 aromatic rings. The molecule has 0 radical (unpaired) electrons. The van der Waals surface area contributed by atoms with Gasteiger partial charge in [-0.2, -0.15) is 0 Å². The van der Waals surface area contributed by atoms with Crippen molar-refractivity contribution in [3.8, 4) is 0 Å². The number of carbonyl (C=O) groups excluding carboxylic acids is 1. The van der Waals surface area contributed by atoms with Crippen molar-refractivity contribution in [1.82, 2.24) is 4.98 Å². The Bertz CT molecular complexity index is 665. The maximum atomic E-state index is 12.0. The molecule has 2 heterocycles. The third kappa shape index (κ3) is 1.56. The van der Waals surface area contributed by atoms with Crippen LogP contribution in [-0.2, 0) is 4.79 Å². The number of para-hydroxylation sites is 1. The summed E-state index contributed by atoms with van der Waals surface area (Å²) in [6.07, 6.45) is 3.88. The van der Waals surface area contributed by atoms with Gasteiger partial charge in [-0.1, -0.05) is 18.2 Å². The van der Waals surface area contributed by atoms with Gasteiger partial charge in [0, 0.05) is 23.1 Å². The molecule has 1 aromatic carbocycles. The molecular formula is C15H14N2O. The van der Waals surface area contributed by atoms with E-state index in [2.05, 4.69) is 24.1 Å². The highest BCUT2D eigenvalue weighted by Crippen LogP contribution is 2.33. The quantitative estimate of drug-likeness (QED) is 0.737. The molecule has 0 spiro atoms. The van der Waals surface area contributed by atoms with E-state index in [-0.39, 0.29) is 5.91 Å². The maximum Gasteiger partial charge on any atom is 0.256 e. The first kappa shape index (κ1) is 10.8. The van der Waals surface area contributed by atoms with Gasteiger partial charge < -0.3 is 10.3 Å². The van der Waals surface area contributed by atoms with Gasteiger partial charge in [-0.25, -0.2) is 0 Å². The van der Waals surface area contributed by atoms with Gasteiger partial charge in [0.15, 0.2) is 0 Å². The number of fused-ring (bicyclic) bond motifs is 1. The zero-order chi connectivity index (χ0) is 12.7. The fourth-order valence-electron chi connectivity index (χ4n) is 2.19. The summed E-state index contributed by atoms with van der Waals surface area (Å²) in [5.74, 6) is -0.0390. The van der Waals surface area contributed by atoms with Crippen molar-refractivity contribution in [3.05, 3.63) is 52.8 Å². The Hall–Kier alpha value is -2.29. The highest BCUT2D eigenvalue weighted by molar-refractivity contribution is 6.34. The number of hydrogen-bond acceptors (Lipinski definition) is 1. The number of nitrogens with one attached hydrogen (secondary N) is 2. The van der Waals surface area contributed by atoms with Crippen LogP contribution in [0, 0.1) is 13.8 Å². The van der Waals surface area contributed by atoms with Crippen molar-refractivity contribution in [2.75, 3.05) is 5.32 Å². The van der Waals surface area contributed by atoms with Crippen molar-refractivity contribution in [2.24, 2.45) is 0 Å². The molecule has 3 nitrogen and oxygen atoms in total. The molecule has 1 aromatic heterocycles. The Morgan fingerprint density at radius 1 is 1.17 bits per heavy atom. The van der Waals surface area contributed by atoms with Crippen molar-refractivity contribution in [2.45, 2.75) is 13.8 Å². The van der Waals surface area contributed by atoms with Crippen LogP contribution in [0.15, 0.2) is 30.5 Å². The first-order valence-electron chi connectivity index (χ1n) is 5.94. The third-order valence-electron chi connectivity index (χ3n) is 3.44. The summed E-state index contributed by atoms with van der Waals surface area (Å²) in [4.78, 5) is 15.2. The minimum absolute atomic E-state index is 0.0390. The van der Waals surface area contributed by atoms with Gasteiger partial charge in [-0.15, -0.1) is 0 Å². The zero-order valence-corrected chi connectivity index (χ0v) is 10.4. The van der Waals surface area contributed by atoms with Crippen LogP contribution < -0.4 is 5.32 Å². The summed E-state index contributed by atoms with van der Waals surface area (Å²) in [7, 11) is 0. The Kier molecular flexibility index (Phi) is 2.33. The van der Waals surface area contributed by atoms with Gasteiger partial charge in [0.1, 0.15) is 0 Å². The minimum Gasteiger partial charge on any atom is -0.361 e. The molecule has 1 aliphatic rings. The van der Waals surface area contributed by atoms with Crippen LogP contribution in [0.2, 0.25) is 0 Å². The molecule has 90 valence electrons. The van der Waals surface area contributed by atoms with Crippen LogP contribution in [0.4, 0.5) is 5.69 Å². The number of aryl methyl sites for hydroxylation is 1. The number of anilines is 1. The Morgan fingerprint density at radius 2 is 1.94 bits per heavy atom. The molecule has 0 bridgehead atoms.